The molecule has 0 spiro atoms. The van der Waals surface area contributed by atoms with Crippen molar-refractivity contribution in [3.05, 3.63) is 0 Å². The zero-order chi connectivity index (χ0) is 18.8. The van der Waals surface area contributed by atoms with Crippen molar-refractivity contribution in [3.8, 4) is 0 Å². The molecular formula is C20H36N2O3. The topological polar surface area (TPSA) is 49.9 Å². The van der Waals surface area contributed by atoms with E-state index in [-0.39, 0.29) is 29.1 Å². The van der Waals surface area contributed by atoms with Crippen molar-refractivity contribution < 1.29 is 14.3 Å². The van der Waals surface area contributed by atoms with Gasteiger partial charge in [-0.05, 0) is 11.3 Å². The van der Waals surface area contributed by atoms with E-state index in [1.54, 1.807) is 7.11 Å². The minimum absolute atomic E-state index is 0.0122. The molecule has 2 saturated heterocycles. The third-order valence-electron chi connectivity index (χ3n) is 6.41. The highest BCUT2D eigenvalue weighted by atomic mass is 16.5. The Labute approximate surface area is 153 Å². The summed E-state index contributed by atoms with van der Waals surface area (Å²) in [6.07, 6.45) is 1.64. The van der Waals surface area contributed by atoms with E-state index < -0.39 is 0 Å². The van der Waals surface area contributed by atoms with E-state index in [4.69, 9.17) is 4.74 Å². The molecule has 0 aromatic carbocycles. The fourth-order valence-electron chi connectivity index (χ4n) is 3.96. The smallest absolute Gasteiger partial charge is 0.225 e. The molecule has 0 radical (unpaired) electrons. The van der Waals surface area contributed by atoms with Crippen LogP contribution < -0.4 is 0 Å². The van der Waals surface area contributed by atoms with Crippen LogP contribution in [0.25, 0.3) is 0 Å². The van der Waals surface area contributed by atoms with E-state index in [0.717, 1.165) is 32.6 Å². The number of hydrogen-bond donors (Lipinski definition) is 0. The van der Waals surface area contributed by atoms with Crippen molar-refractivity contribution >= 4 is 11.8 Å². The first-order valence-corrected chi connectivity index (χ1v) is 9.74. The van der Waals surface area contributed by atoms with Gasteiger partial charge in [0.05, 0.1) is 0 Å². The number of ether oxygens (including phenoxy) is 1. The predicted octanol–water partition coefficient (Wildman–Crippen LogP) is 2.65. The molecule has 0 saturated carbocycles. The van der Waals surface area contributed by atoms with Gasteiger partial charge in [0.25, 0.3) is 0 Å². The van der Waals surface area contributed by atoms with Crippen LogP contribution in [-0.4, -0.2) is 61.5 Å². The first-order valence-electron chi connectivity index (χ1n) is 9.74. The standard InChI is InChI=1S/C20H36N2O3/c1-7-20(4,5)8-18(23)21-9-16-11-22(12-17(16)10-21)19(24)15(3)14(2)13-25-6/h14-17H,7-13H2,1-6H3/t14?,15?,16-,17+. The van der Waals surface area contributed by atoms with Crippen molar-refractivity contribution in [2.24, 2.45) is 29.1 Å². The summed E-state index contributed by atoms with van der Waals surface area (Å²) in [7, 11) is 1.68. The Hall–Kier alpha value is -1.10. The molecule has 2 fully saturated rings. The van der Waals surface area contributed by atoms with E-state index in [1.165, 1.54) is 0 Å². The van der Waals surface area contributed by atoms with E-state index >= 15 is 0 Å². The Morgan fingerprint density at radius 2 is 1.60 bits per heavy atom. The minimum atomic E-state index is -0.0122. The second kappa shape index (κ2) is 8.07. The second-order valence-corrected chi connectivity index (χ2v) is 8.98. The number of rotatable bonds is 7. The van der Waals surface area contributed by atoms with E-state index in [0.29, 0.717) is 24.9 Å². The van der Waals surface area contributed by atoms with Crippen LogP contribution in [0, 0.1) is 29.1 Å². The Kier molecular flexibility index (Phi) is 6.52. The third kappa shape index (κ3) is 4.75. The van der Waals surface area contributed by atoms with Crippen LogP contribution in [0.1, 0.15) is 47.5 Å². The van der Waals surface area contributed by atoms with Gasteiger partial charge in [-0.15, -0.1) is 0 Å². The van der Waals surface area contributed by atoms with Crippen molar-refractivity contribution in [1.29, 1.82) is 0 Å². The lowest BCUT2D eigenvalue weighted by Crippen LogP contribution is -2.40. The molecule has 2 rings (SSSR count). The molecule has 5 nitrogen and oxygen atoms in total. The molecule has 2 aliphatic heterocycles. The number of fused-ring (bicyclic) bond motifs is 1. The summed E-state index contributed by atoms with van der Waals surface area (Å²) in [5, 5.41) is 0. The molecule has 2 aliphatic rings. The molecule has 0 N–H and O–H groups in total. The van der Waals surface area contributed by atoms with Gasteiger partial charge in [0.2, 0.25) is 11.8 Å². The predicted molar refractivity (Wildman–Crippen MR) is 99.0 cm³/mol. The number of carbonyl (C=O) groups is 2. The summed E-state index contributed by atoms with van der Waals surface area (Å²) in [6, 6.07) is 0. The van der Waals surface area contributed by atoms with Crippen LogP contribution in [0.3, 0.4) is 0 Å². The Balaban J connectivity index is 1.86. The summed E-state index contributed by atoms with van der Waals surface area (Å²) < 4.78 is 5.19. The molecule has 0 aromatic rings. The first kappa shape index (κ1) is 20.2. The number of likely N-dealkylation sites (tertiary alicyclic amines) is 2. The minimum Gasteiger partial charge on any atom is -0.384 e. The van der Waals surface area contributed by atoms with Gasteiger partial charge in [-0.1, -0.05) is 41.0 Å². The quantitative estimate of drug-likeness (QED) is 0.708. The van der Waals surface area contributed by atoms with E-state index in [1.807, 2.05) is 16.7 Å². The zero-order valence-corrected chi connectivity index (χ0v) is 16.9. The van der Waals surface area contributed by atoms with Crippen LogP contribution in [0.5, 0.6) is 0 Å². The van der Waals surface area contributed by atoms with Gasteiger partial charge in [-0.25, -0.2) is 0 Å². The molecule has 0 bridgehead atoms. The van der Waals surface area contributed by atoms with Gasteiger partial charge >= 0.3 is 0 Å². The Morgan fingerprint density at radius 3 is 2.08 bits per heavy atom. The van der Waals surface area contributed by atoms with Gasteiger partial charge in [0.1, 0.15) is 0 Å². The molecule has 144 valence electrons. The normalized spacial score (nSPS) is 25.8. The maximum Gasteiger partial charge on any atom is 0.225 e. The van der Waals surface area contributed by atoms with Gasteiger partial charge < -0.3 is 14.5 Å². The molecule has 2 amide bonds. The van der Waals surface area contributed by atoms with Gasteiger partial charge in [0, 0.05) is 64.1 Å². The molecule has 25 heavy (non-hydrogen) atoms. The lowest BCUT2D eigenvalue weighted by atomic mass is 9.86. The molecule has 0 aliphatic carbocycles. The third-order valence-corrected chi connectivity index (χ3v) is 6.41. The molecule has 0 aromatic heterocycles. The number of methoxy groups -OCH3 is 1. The second-order valence-electron chi connectivity index (χ2n) is 8.98. The Morgan fingerprint density at radius 1 is 1.08 bits per heavy atom. The summed E-state index contributed by atoms with van der Waals surface area (Å²) >= 11 is 0. The maximum atomic E-state index is 12.7. The lowest BCUT2D eigenvalue weighted by Gasteiger charge is -2.28. The summed E-state index contributed by atoms with van der Waals surface area (Å²) in [4.78, 5) is 29.3. The average Bonchev–Trinajstić information content (AvgIpc) is 3.12. The van der Waals surface area contributed by atoms with Crippen LogP contribution in [-0.2, 0) is 14.3 Å². The highest BCUT2D eigenvalue weighted by Gasteiger charge is 2.44. The number of amides is 2. The van der Waals surface area contributed by atoms with Crippen LogP contribution in [0.4, 0.5) is 0 Å². The van der Waals surface area contributed by atoms with Gasteiger partial charge in [-0.3, -0.25) is 9.59 Å². The largest absolute Gasteiger partial charge is 0.384 e. The van der Waals surface area contributed by atoms with Crippen molar-refractivity contribution in [3.63, 3.8) is 0 Å². The van der Waals surface area contributed by atoms with Crippen LogP contribution >= 0.6 is 0 Å². The fourth-order valence-corrected chi connectivity index (χ4v) is 3.96. The molecule has 4 atom stereocenters. The monoisotopic (exact) mass is 352 g/mol. The average molecular weight is 353 g/mol. The number of hydrogen-bond acceptors (Lipinski definition) is 3. The molecular weight excluding hydrogens is 316 g/mol. The van der Waals surface area contributed by atoms with Crippen LogP contribution in [0.2, 0.25) is 0 Å². The number of carbonyl (C=O) groups excluding carboxylic acids is 2. The maximum absolute atomic E-state index is 12.7. The molecule has 5 heteroatoms. The number of nitrogens with zero attached hydrogens (tertiary/aromatic N) is 2. The zero-order valence-electron chi connectivity index (χ0n) is 16.9. The van der Waals surface area contributed by atoms with E-state index in [9.17, 15) is 9.59 Å². The highest BCUT2D eigenvalue weighted by molar-refractivity contribution is 5.79. The summed E-state index contributed by atoms with van der Waals surface area (Å²) in [5.74, 6) is 1.63. The first-order chi connectivity index (χ1) is 11.7. The summed E-state index contributed by atoms with van der Waals surface area (Å²) in [5.41, 5.74) is 0.0731. The van der Waals surface area contributed by atoms with E-state index in [2.05, 4.69) is 27.7 Å². The SMILES string of the molecule is CCC(C)(C)CC(=O)N1C[C@@H]2CN(C(=O)C(C)C(C)COC)C[C@@H]2C1. The fraction of sp³-hybridized carbons (Fsp3) is 0.900. The summed E-state index contributed by atoms with van der Waals surface area (Å²) in [6.45, 7) is 14.4. The van der Waals surface area contributed by atoms with Gasteiger partial charge in [0.15, 0.2) is 0 Å². The Bertz CT molecular complexity index is 477. The van der Waals surface area contributed by atoms with Crippen molar-refractivity contribution in [2.75, 3.05) is 39.9 Å². The molecule has 2 heterocycles. The lowest BCUT2D eigenvalue weighted by molar-refractivity contribution is -0.136. The van der Waals surface area contributed by atoms with Crippen molar-refractivity contribution in [2.45, 2.75) is 47.5 Å². The van der Waals surface area contributed by atoms with Crippen molar-refractivity contribution in [1.82, 2.24) is 9.80 Å². The van der Waals surface area contributed by atoms with Crippen LogP contribution in [0.15, 0.2) is 0 Å². The highest BCUT2D eigenvalue weighted by Crippen LogP contribution is 2.34. The van der Waals surface area contributed by atoms with Gasteiger partial charge in [-0.2, -0.15) is 0 Å². The molecule has 2 unspecified atom stereocenters.